The Morgan fingerprint density at radius 2 is 2.50 bits per heavy atom. The predicted octanol–water partition coefficient (Wildman–Crippen LogP) is -0.273. The SMILES string of the molecule is CC(NC(=O)NN)C1CCCO1. The number of hydrogen-bond donors (Lipinski definition) is 3. The van der Waals surface area contributed by atoms with Crippen molar-refractivity contribution in [1.82, 2.24) is 10.7 Å². The number of hydrazine groups is 1. The molecule has 0 aromatic heterocycles. The molecule has 1 heterocycles. The van der Waals surface area contributed by atoms with Crippen molar-refractivity contribution < 1.29 is 9.53 Å². The van der Waals surface area contributed by atoms with E-state index in [0.29, 0.717) is 0 Å². The summed E-state index contributed by atoms with van der Waals surface area (Å²) in [5.41, 5.74) is 2.01. The van der Waals surface area contributed by atoms with E-state index in [9.17, 15) is 4.79 Å². The molecule has 1 rings (SSSR count). The van der Waals surface area contributed by atoms with E-state index in [1.165, 1.54) is 0 Å². The molecule has 2 atom stereocenters. The van der Waals surface area contributed by atoms with Gasteiger partial charge in [-0.25, -0.2) is 10.6 Å². The molecule has 1 aliphatic heterocycles. The van der Waals surface area contributed by atoms with Gasteiger partial charge >= 0.3 is 6.03 Å². The largest absolute Gasteiger partial charge is 0.376 e. The molecule has 2 unspecified atom stereocenters. The van der Waals surface area contributed by atoms with Crippen molar-refractivity contribution in [2.75, 3.05) is 6.61 Å². The second kappa shape index (κ2) is 4.27. The van der Waals surface area contributed by atoms with Gasteiger partial charge in [-0.1, -0.05) is 0 Å². The minimum Gasteiger partial charge on any atom is -0.376 e. The van der Waals surface area contributed by atoms with Crippen molar-refractivity contribution in [2.24, 2.45) is 5.84 Å². The first-order chi connectivity index (χ1) is 5.74. The molecule has 0 saturated carbocycles. The van der Waals surface area contributed by atoms with Gasteiger partial charge < -0.3 is 10.1 Å². The lowest BCUT2D eigenvalue weighted by atomic mass is 10.1. The van der Waals surface area contributed by atoms with Crippen LogP contribution in [-0.2, 0) is 4.74 Å². The van der Waals surface area contributed by atoms with Crippen LogP contribution in [-0.4, -0.2) is 24.8 Å². The van der Waals surface area contributed by atoms with E-state index in [-0.39, 0.29) is 18.2 Å². The summed E-state index contributed by atoms with van der Waals surface area (Å²) < 4.78 is 5.38. The van der Waals surface area contributed by atoms with E-state index in [0.717, 1.165) is 19.4 Å². The molecule has 0 aliphatic carbocycles. The Kier molecular flexibility index (Phi) is 3.31. The Morgan fingerprint density at radius 3 is 3.00 bits per heavy atom. The summed E-state index contributed by atoms with van der Waals surface area (Å²) in [7, 11) is 0. The summed E-state index contributed by atoms with van der Waals surface area (Å²) in [5, 5.41) is 2.67. The summed E-state index contributed by atoms with van der Waals surface area (Å²) in [5.74, 6) is 4.92. The van der Waals surface area contributed by atoms with Crippen LogP contribution in [0.15, 0.2) is 0 Å². The molecule has 12 heavy (non-hydrogen) atoms. The van der Waals surface area contributed by atoms with Crippen LogP contribution in [0, 0.1) is 0 Å². The molecule has 0 aromatic rings. The molecule has 0 aromatic carbocycles. The molecular weight excluding hydrogens is 158 g/mol. The Hall–Kier alpha value is -0.810. The number of ether oxygens (including phenoxy) is 1. The summed E-state index contributed by atoms with van der Waals surface area (Å²) in [6.07, 6.45) is 2.22. The number of rotatable bonds is 2. The Labute approximate surface area is 71.6 Å². The summed E-state index contributed by atoms with van der Waals surface area (Å²) in [6.45, 7) is 2.70. The molecule has 5 nitrogen and oxygen atoms in total. The van der Waals surface area contributed by atoms with Gasteiger partial charge in [-0.2, -0.15) is 0 Å². The highest BCUT2D eigenvalue weighted by molar-refractivity contribution is 5.73. The lowest BCUT2D eigenvalue weighted by Crippen LogP contribution is -2.48. The van der Waals surface area contributed by atoms with Crippen molar-refractivity contribution in [3.05, 3.63) is 0 Å². The zero-order chi connectivity index (χ0) is 8.97. The average molecular weight is 173 g/mol. The average Bonchev–Trinajstić information content (AvgIpc) is 2.56. The first-order valence-electron chi connectivity index (χ1n) is 4.12. The van der Waals surface area contributed by atoms with Crippen molar-refractivity contribution in [3.8, 4) is 0 Å². The van der Waals surface area contributed by atoms with Gasteiger partial charge in [-0.15, -0.1) is 0 Å². The summed E-state index contributed by atoms with van der Waals surface area (Å²) in [6, 6.07) is -0.339. The zero-order valence-electron chi connectivity index (χ0n) is 7.17. The van der Waals surface area contributed by atoms with E-state index in [4.69, 9.17) is 10.6 Å². The number of nitrogens with two attached hydrogens (primary N) is 1. The molecule has 0 bridgehead atoms. The molecule has 4 N–H and O–H groups in total. The number of amides is 2. The van der Waals surface area contributed by atoms with Crippen molar-refractivity contribution in [3.63, 3.8) is 0 Å². The Bertz CT molecular complexity index is 157. The third-order valence-corrected chi connectivity index (χ3v) is 2.01. The zero-order valence-corrected chi connectivity index (χ0v) is 7.17. The molecule has 2 amide bonds. The monoisotopic (exact) mass is 173 g/mol. The van der Waals surface area contributed by atoms with Gasteiger partial charge in [0, 0.05) is 6.61 Å². The van der Waals surface area contributed by atoms with E-state index in [1.807, 2.05) is 12.3 Å². The van der Waals surface area contributed by atoms with Gasteiger partial charge in [0.15, 0.2) is 0 Å². The molecule has 1 fully saturated rings. The topological polar surface area (TPSA) is 76.4 Å². The fourth-order valence-corrected chi connectivity index (χ4v) is 1.34. The smallest absolute Gasteiger partial charge is 0.329 e. The highest BCUT2D eigenvalue weighted by Gasteiger charge is 2.23. The predicted molar refractivity (Wildman–Crippen MR) is 44.3 cm³/mol. The first-order valence-corrected chi connectivity index (χ1v) is 4.12. The molecule has 70 valence electrons. The van der Waals surface area contributed by atoms with Crippen molar-refractivity contribution >= 4 is 6.03 Å². The number of hydrogen-bond acceptors (Lipinski definition) is 3. The van der Waals surface area contributed by atoms with E-state index in [1.54, 1.807) is 0 Å². The van der Waals surface area contributed by atoms with Crippen LogP contribution < -0.4 is 16.6 Å². The van der Waals surface area contributed by atoms with Gasteiger partial charge in [0.05, 0.1) is 12.1 Å². The molecule has 0 radical (unpaired) electrons. The first kappa shape index (κ1) is 9.28. The fraction of sp³-hybridized carbons (Fsp3) is 0.857. The van der Waals surface area contributed by atoms with Crippen LogP contribution in [0.1, 0.15) is 19.8 Å². The van der Waals surface area contributed by atoms with Crippen LogP contribution in [0.3, 0.4) is 0 Å². The quantitative estimate of drug-likeness (QED) is 0.305. The molecule has 0 spiro atoms. The molecule has 1 aliphatic rings. The summed E-state index contributed by atoms with van der Waals surface area (Å²) >= 11 is 0. The van der Waals surface area contributed by atoms with Crippen LogP contribution >= 0.6 is 0 Å². The fourth-order valence-electron chi connectivity index (χ4n) is 1.34. The minimum absolute atomic E-state index is 0.0241. The third-order valence-electron chi connectivity index (χ3n) is 2.01. The molecule has 1 saturated heterocycles. The maximum atomic E-state index is 10.8. The van der Waals surface area contributed by atoms with Gasteiger partial charge in [0.25, 0.3) is 0 Å². The minimum atomic E-state index is -0.363. The van der Waals surface area contributed by atoms with Crippen LogP contribution in [0.4, 0.5) is 4.79 Å². The van der Waals surface area contributed by atoms with Crippen LogP contribution in [0.5, 0.6) is 0 Å². The van der Waals surface area contributed by atoms with Gasteiger partial charge in [-0.05, 0) is 19.8 Å². The van der Waals surface area contributed by atoms with Crippen LogP contribution in [0.2, 0.25) is 0 Å². The Morgan fingerprint density at radius 1 is 1.75 bits per heavy atom. The summed E-state index contributed by atoms with van der Waals surface area (Å²) in [4.78, 5) is 10.8. The lowest BCUT2D eigenvalue weighted by Gasteiger charge is -2.19. The molecule has 5 heteroatoms. The number of carbonyl (C=O) groups is 1. The van der Waals surface area contributed by atoms with E-state index < -0.39 is 0 Å². The molecular formula is C7H15N3O2. The highest BCUT2D eigenvalue weighted by atomic mass is 16.5. The lowest BCUT2D eigenvalue weighted by molar-refractivity contribution is 0.0860. The third kappa shape index (κ3) is 2.35. The normalized spacial score (nSPS) is 25.0. The van der Waals surface area contributed by atoms with Gasteiger partial charge in [0.1, 0.15) is 0 Å². The maximum Gasteiger partial charge on any atom is 0.329 e. The van der Waals surface area contributed by atoms with Crippen molar-refractivity contribution in [1.29, 1.82) is 0 Å². The second-order valence-corrected chi connectivity index (χ2v) is 2.96. The number of nitrogens with one attached hydrogen (secondary N) is 2. The standard InChI is InChI=1S/C7H15N3O2/c1-5(9-7(11)10-8)6-3-2-4-12-6/h5-6H,2-4,8H2,1H3,(H2,9,10,11). The number of urea groups is 1. The second-order valence-electron chi connectivity index (χ2n) is 2.96. The van der Waals surface area contributed by atoms with Crippen molar-refractivity contribution in [2.45, 2.75) is 31.9 Å². The van der Waals surface area contributed by atoms with Gasteiger partial charge in [0.2, 0.25) is 0 Å². The van der Waals surface area contributed by atoms with Crippen LogP contribution in [0.25, 0.3) is 0 Å². The maximum absolute atomic E-state index is 10.8. The van der Waals surface area contributed by atoms with Gasteiger partial charge in [-0.3, -0.25) is 5.43 Å². The highest BCUT2D eigenvalue weighted by Crippen LogP contribution is 2.14. The van der Waals surface area contributed by atoms with E-state index in [2.05, 4.69) is 5.32 Å². The van der Waals surface area contributed by atoms with E-state index >= 15 is 0 Å². The Balaban J connectivity index is 2.26. The number of carbonyl (C=O) groups excluding carboxylic acids is 1.